The fraction of sp³-hybridized carbons (Fsp3) is 0.235. The van der Waals surface area contributed by atoms with Crippen LogP contribution in [0.3, 0.4) is 0 Å². The lowest BCUT2D eigenvalue weighted by Gasteiger charge is -2.13. The quantitative estimate of drug-likeness (QED) is 0.678. The molecule has 0 saturated carbocycles. The second kappa shape index (κ2) is 6.48. The van der Waals surface area contributed by atoms with E-state index in [1.807, 2.05) is 30.3 Å². The molecule has 0 N–H and O–H groups in total. The van der Waals surface area contributed by atoms with Gasteiger partial charge in [-0.2, -0.15) is 0 Å². The van der Waals surface area contributed by atoms with Gasteiger partial charge in [-0.15, -0.1) is 10.2 Å². The van der Waals surface area contributed by atoms with Crippen LogP contribution < -0.4 is 4.74 Å². The predicted octanol–water partition coefficient (Wildman–Crippen LogP) is 2.87. The van der Waals surface area contributed by atoms with Crippen molar-refractivity contribution in [3.05, 3.63) is 60.0 Å². The van der Waals surface area contributed by atoms with E-state index in [2.05, 4.69) is 10.2 Å². The van der Waals surface area contributed by atoms with Crippen LogP contribution in [0.25, 0.3) is 5.65 Å². The normalized spacial score (nSPS) is 10.9. The molecular formula is C17H17N3O3. The first-order chi connectivity index (χ1) is 11.1. The molecule has 3 aromatic rings. The summed E-state index contributed by atoms with van der Waals surface area (Å²) in [5, 5.41) is 7.83. The van der Waals surface area contributed by atoms with Crippen molar-refractivity contribution in [1.29, 1.82) is 0 Å². The van der Waals surface area contributed by atoms with Crippen LogP contribution in [0.2, 0.25) is 0 Å². The van der Waals surface area contributed by atoms with Gasteiger partial charge in [0.1, 0.15) is 24.2 Å². The maximum Gasteiger partial charge on any atom is 0.346 e. The van der Waals surface area contributed by atoms with Gasteiger partial charge in [0, 0.05) is 6.20 Å². The van der Waals surface area contributed by atoms with E-state index in [0.717, 1.165) is 5.56 Å². The Morgan fingerprint density at radius 3 is 2.74 bits per heavy atom. The lowest BCUT2D eigenvalue weighted by atomic mass is 10.2. The van der Waals surface area contributed by atoms with Crippen LogP contribution in [0, 0.1) is 0 Å². The summed E-state index contributed by atoms with van der Waals surface area (Å²) in [7, 11) is 0. The van der Waals surface area contributed by atoms with Gasteiger partial charge in [0.15, 0.2) is 5.65 Å². The van der Waals surface area contributed by atoms with E-state index in [-0.39, 0.29) is 11.7 Å². The van der Waals surface area contributed by atoms with Crippen molar-refractivity contribution in [1.82, 2.24) is 14.6 Å². The Hall–Kier alpha value is -2.89. The molecule has 0 amide bonds. The molecule has 0 spiro atoms. The van der Waals surface area contributed by atoms with Gasteiger partial charge in [-0.05, 0) is 25.5 Å². The van der Waals surface area contributed by atoms with Gasteiger partial charge in [-0.25, -0.2) is 4.79 Å². The Bertz CT molecular complexity index is 812. The van der Waals surface area contributed by atoms with Gasteiger partial charge in [0.05, 0.1) is 6.10 Å². The van der Waals surface area contributed by atoms with Crippen LogP contribution in [-0.4, -0.2) is 26.7 Å². The van der Waals surface area contributed by atoms with Crippen molar-refractivity contribution < 1.29 is 14.3 Å². The zero-order valence-electron chi connectivity index (χ0n) is 13.0. The highest BCUT2D eigenvalue weighted by Gasteiger charge is 2.21. The highest BCUT2D eigenvalue weighted by Crippen LogP contribution is 2.24. The average Bonchev–Trinajstić information content (AvgIpc) is 3.01. The molecule has 6 nitrogen and oxygen atoms in total. The molecule has 3 rings (SSSR count). The number of ether oxygens (including phenoxy) is 2. The van der Waals surface area contributed by atoms with Crippen molar-refractivity contribution in [2.24, 2.45) is 0 Å². The summed E-state index contributed by atoms with van der Waals surface area (Å²) in [6, 6.07) is 11.5. The largest absolute Gasteiger partial charge is 0.488 e. The summed E-state index contributed by atoms with van der Waals surface area (Å²) >= 11 is 0. The Morgan fingerprint density at radius 1 is 1.22 bits per heavy atom. The first kappa shape index (κ1) is 15.0. The van der Waals surface area contributed by atoms with E-state index in [1.54, 1.807) is 30.5 Å². The first-order valence-corrected chi connectivity index (χ1v) is 7.35. The second-order valence-electron chi connectivity index (χ2n) is 5.35. The molecule has 0 saturated heterocycles. The SMILES string of the molecule is CC(C)OC(=O)c1c(OCc2ccccc2)ccn2cnnc12. The number of hydrogen-bond donors (Lipinski definition) is 0. The third-order valence-electron chi connectivity index (χ3n) is 3.21. The number of aromatic nitrogens is 3. The van der Waals surface area contributed by atoms with Gasteiger partial charge < -0.3 is 9.47 Å². The Kier molecular flexibility index (Phi) is 4.23. The van der Waals surface area contributed by atoms with Crippen LogP contribution in [0.5, 0.6) is 5.75 Å². The fourth-order valence-electron chi connectivity index (χ4n) is 2.19. The summed E-state index contributed by atoms with van der Waals surface area (Å²) in [5.74, 6) is -0.0401. The number of benzene rings is 1. The van der Waals surface area contributed by atoms with E-state index in [1.165, 1.54) is 6.33 Å². The van der Waals surface area contributed by atoms with E-state index in [4.69, 9.17) is 9.47 Å². The summed E-state index contributed by atoms with van der Waals surface area (Å²) in [6.07, 6.45) is 3.05. The number of fused-ring (bicyclic) bond motifs is 1. The number of rotatable bonds is 5. The molecule has 0 aliphatic rings. The number of esters is 1. The Labute approximate surface area is 133 Å². The van der Waals surface area contributed by atoms with Crippen molar-refractivity contribution in [3.63, 3.8) is 0 Å². The van der Waals surface area contributed by atoms with Crippen LogP contribution in [0.1, 0.15) is 29.8 Å². The first-order valence-electron chi connectivity index (χ1n) is 7.35. The highest BCUT2D eigenvalue weighted by molar-refractivity contribution is 5.98. The van der Waals surface area contributed by atoms with Crippen LogP contribution in [-0.2, 0) is 11.3 Å². The molecule has 0 radical (unpaired) electrons. The molecule has 2 heterocycles. The molecule has 0 fully saturated rings. The lowest BCUT2D eigenvalue weighted by molar-refractivity contribution is 0.0374. The number of carbonyl (C=O) groups is 1. The van der Waals surface area contributed by atoms with Crippen molar-refractivity contribution in [3.8, 4) is 5.75 Å². The van der Waals surface area contributed by atoms with Crippen LogP contribution >= 0.6 is 0 Å². The minimum Gasteiger partial charge on any atom is -0.488 e. The molecule has 0 bridgehead atoms. The van der Waals surface area contributed by atoms with Gasteiger partial charge in [-0.3, -0.25) is 4.40 Å². The van der Waals surface area contributed by atoms with Crippen LogP contribution in [0.4, 0.5) is 0 Å². The van der Waals surface area contributed by atoms with E-state index >= 15 is 0 Å². The monoisotopic (exact) mass is 311 g/mol. The summed E-state index contributed by atoms with van der Waals surface area (Å²) in [6.45, 7) is 3.95. The summed E-state index contributed by atoms with van der Waals surface area (Å²) < 4.78 is 12.8. The van der Waals surface area contributed by atoms with Crippen LogP contribution in [0.15, 0.2) is 48.9 Å². The molecule has 0 atom stereocenters. The minimum absolute atomic E-state index is 0.229. The molecule has 0 unspecified atom stereocenters. The van der Waals surface area contributed by atoms with Gasteiger partial charge in [0.2, 0.25) is 0 Å². The Balaban J connectivity index is 1.93. The van der Waals surface area contributed by atoms with E-state index in [9.17, 15) is 4.79 Å². The summed E-state index contributed by atoms with van der Waals surface area (Å²) in [4.78, 5) is 12.4. The third kappa shape index (κ3) is 3.31. The lowest BCUT2D eigenvalue weighted by Crippen LogP contribution is -2.14. The maximum atomic E-state index is 12.4. The van der Waals surface area contributed by atoms with Crippen molar-refractivity contribution >= 4 is 11.6 Å². The molecule has 6 heteroatoms. The Morgan fingerprint density at radius 2 is 2.00 bits per heavy atom. The number of pyridine rings is 1. The molecule has 118 valence electrons. The fourth-order valence-corrected chi connectivity index (χ4v) is 2.19. The zero-order valence-corrected chi connectivity index (χ0v) is 13.0. The molecular weight excluding hydrogens is 294 g/mol. The maximum absolute atomic E-state index is 12.4. The minimum atomic E-state index is -0.471. The molecule has 2 aromatic heterocycles. The number of carbonyl (C=O) groups excluding carboxylic acids is 1. The van der Waals surface area contributed by atoms with Gasteiger partial charge in [-0.1, -0.05) is 30.3 Å². The van der Waals surface area contributed by atoms with Crippen molar-refractivity contribution in [2.75, 3.05) is 0 Å². The third-order valence-corrected chi connectivity index (χ3v) is 3.21. The average molecular weight is 311 g/mol. The summed E-state index contributed by atoms with van der Waals surface area (Å²) in [5.41, 5.74) is 1.72. The molecule has 0 aliphatic heterocycles. The topological polar surface area (TPSA) is 65.7 Å². The smallest absolute Gasteiger partial charge is 0.346 e. The molecule has 0 aliphatic carbocycles. The number of hydrogen-bond acceptors (Lipinski definition) is 5. The highest BCUT2D eigenvalue weighted by atomic mass is 16.5. The molecule has 23 heavy (non-hydrogen) atoms. The van der Waals surface area contributed by atoms with Gasteiger partial charge >= 0.3 is 5.97 Å². The second-order valence-corrected chi connectivity index (χ2v) is 5.35. The van der Waals surface area contributed by atoms with E-state index < -0.39 is 5.97 Å². The standard InChI is InChI=1S/C17H17N3O3/c1-12(2)23-17(21)15-14(8-9-20-11-18-19-16(15)20)22-10-13-6-4-3-5-7-13/h3-9,11-12H,10H2,1-2H3. The van der Waals surface area contributed by atoms with E-state index in [0.29, 0.717) is 18.0 Å². The van der Waals surface area contributed by atoms with Crippen molar-refractivity contribution in [2.45, 2.75) is 26.6 Å². The number of nitrogens with zero attached hydrogens (tertiary/aromatic N) is 3. The zero-order chi connectivity index (χ0) is 16.2. The van der Waals surface area contributed by atoms with Gasteiger partial charge in [0.25, 0.3) is 0 Å². The predicted molar refractivity (Wildman–Crippen MR) is 84.3 cm³/mol. The molecule has 1 aromatic carbocycles.